The first-order chi connectivity index (χ1) is 10.7. The largest absolute Gasteiger partial charge is 0.416 e. The number of halogens is 6. The molecule has 1 aliphatic heterocycles. The Morgan fingerprint density at radius 1 is 0.826 bits per heavy atom. The summed E-state index contributed by atoms with van der Waals surface area (Å²) in [7, 11) is 0. The molecule has 1 aliphatic rings. The third kappa shape index (κ3) is 3.17. The minimum atomic E-state index is -4.90. The molecule has 2 unspecified atom stereocenters. The van der Waals surface area contributed by atoms with Gasteiger partial charge in [0.05, 0.1) is 11.1 Å². The lowest BCUT2D eigenvalue weighted by atomic mass is 9.97. The smallest absolute Gasteiger partial charge is 0.359 e. The number of ether oxygens (including phenoxy) is 1. The summed E-state index contributed by atoms with van der Waals surface area (Å²) in [4.78, 5) is 3.79. The maximum Gasteiger partial charge on any atom is 0.416 e. The molecule has 0 aliphatic carbocycles. The highest BCUT2D eigenvalue weighted by Crippen LogP contribution is 2.54. The van der Waals surface area contributed by atoms with E-state index in [1.54, 1.807) is 12.1 Å². The quantitative estimate of drug-likeness (QED) is 0.575. The Hall–Kier alpha value is -2.09. The molecule has 0 bridgehead atoms. The zero-order chi connectivity index (χ0) is 16.8. The van der Waals surface area contributed by atoms with Crippen molar-refractivity contribution in [2.75, 3.05) is 0 Å². The number of pyridine rings is 1. The van der Waals surface area contributed by atoms with Gasteiger partial charge in [0.25, 0.3) is 0 Å². The molecule has 8 heteroatoms. The van der Waals surface area contributed by atoms with Crippen LogP contribution in [0.5, 0.6) is 0 Å². The van der Waals surface area contributed by atoms with E-state index in [9.17, 15) is 26.3 Å². The molecule has 1 saturated heterocycles. The maximum absolute atomic E-state index is 13.1. The second kappa shape index (κ2) is 5.23. The standard InChI is InChI=1S/C15H9F6NO/c16-14(17,18)9-1-2-10(11(7-9)15(19,20)21)13-12(23-13)8-3-5-22-6-4-8/h1-7,12-13H. The van der Waals surface area contributed by atoms with Gasteiger partial charge >= 0.3 is 12.4 Å². The topological polar surface area (TPSA) is 25.4 Å². The zero-order valence-corrected chi connectivity index (χ0v) is 11.3. The van der Waals surface area contributed by atoms with Gasteiger partial charge in [-0.2, -0.15) is 26.3 Å². The Labute approximate surface area is 126 Å². The highest BCUT2D eigenvalue weighted by molar-refractivity contribution is 5.40. The van der Waals surface area contributed by atoms with E-state index in [2.05, 4.69) is 4.98 Å². The Kier molecular flexibility index (Phi) is 3.59. The van der Waals surface area contributed by atoms with Crippen molar-refractivity contribution in [1.29, 1.82) is 0 Å². The van der Waals surface area contributed by atoms with Crippen LogP contribution in [0.2, 0.25) is 0 Å². The Balaban J connectivity index is 1.97. The van der Waals surface area contributed by atoms with Crippen molar-refractivity contribution in [2.45, 2.75) is 24.6 Å². The first kappa shape index (κ1) is 15.8. The Bertz CT molecular complexity index is 710. The molecule has 2 atom stereocenters. The average Bonchev–Trinajstić information content (AvgIpc) is 3.26. The fourth-order valence-electron chi connectivity index (χ4n) is 2.38. The molecule has 1 aromatic carbocycles. The highest BCUT2D eigenvalue weighted by atomic mass is 19.4. The molecule has 0 amide bonds. The van der Waals surface area contributed by atoms with Crippen molar-refractivity contribution >= 4 is 0 Å². The van der Waals surface area contributed by atoms with Gasteiger partial charge in [0.15, 0.2) is 0 Å². The molecule has 2 heterocycles. The molecule has 2 aromatic rings. The lowest BCUT2D eigenvalue weighted by Gasteiger charge is -2.15. The van der Waals surface area contributed by atoms with Crippen molar-refractivity contribution in [3.63, 3.8) is 0 Å². The predicted octanol–water partition coefficient (Wildman–Crippen LogP) is 4.93. The minimum Gasteiger partial charge on any atom is -0.359 e. The zero-order valence-electron chi connectivity index (χ0n) is 11.3. The molecule has 1 fully saturated rings. The molecule has 0 saturated carbocycles. The summed E-state index contributed by atoms with van der Waals surface area (Å²) in [6.07, 6.45) is -8.34. The number of hydrogen-bond donors (Lipinski definition) is 0. The monoisotopic (exact) mass is 333 g/mol. The molecule has 23 heavy (non-hydrogen) atoms. The van der Waals surface area contributed by atoms with Gasteiger partial charge in [0.1, 0.15) is 12.2 Å². The molecular weight excluding hydrogens is 324 g/mol. The average molecular weight is 333 g/mol. The van der Waals surface area contributed by atoms with Crippen LogP contribution in [0, 0.1) is 0 Å². The van der Waals surface area contributed by atoms with Crippen LogP contribution in [0.3, 0.4) is 0 Å². The summed E-state index contributed by atoms with van der Waals surface area (Å²) in [6.45, 7) is 0. The van der Waals surface area contributed by atoms with E-state index < -0.39 is 35.7 Å². The van der Waals surface area contributed by atoms with E-state index in [1.165, 1.54) is 12.4 Å². The van der Waals surface area contributed by atoms with E-state index >= 15 is 0 Å². The van der Waals surface area contributed by atoms with Crippen LogP contribution >= 0.6 is 0 Å². The molecule has 0 radical (unpaired) electrons. The third-order valence-corrected chi connectivity index (χ3v) is 3.52. The number of benzene rings is 1. The van der Waals surface area contributed by atoms with Crippen LogP contribution in [0.1, 0.15) is 34.5 Å². The van der Waals surface area contributed by atoms with Gasteiger partial charge in [-0.25, -0.2) is 0 Å². The van der Waals surface area contributed by atoms with Crippen molar-refractivity contribution in [3.05, 3.63) is 65.0 Å². The van der Waals surface area contributed by atoms with E-state index in [1.807, 2.05) is 0 Å². The minimum absolute atomic E-state index is 0.126. The first-order valence-electron chi connectivity index (χ1n) is 6.51. The van der Waals surface area contributed by atoms with E-state index in [0.29, 0.717) is 11.6 Å². The van der Waals surface area contributed by atoms with Crippen molar-refractivity contribution in [2.24, 2.45) is 0 Å². The number of alkyl halides is 6. The van der Waals surface area contributed by atoms with Gasteiger partial charge in [-0.15, -0.1) is 0 Å². The molecule has 1 aromatic heterocycles. The summed E-state index contributed by atoms with van der Waals surface area (Å²) in [6, 6.07) is 4.76. The summed E-state index contributed by atoms with van der Waals surface area (Å²) in [5.41, 5.74) is -2.34. The van der Waals surface area contributed by atoms with Gasteiger partial charge < -0.3 is 4.74 Å². The van der Waals surface area contributed by atoms with E-state index in [0.717, 1.165) is 6.07 Å². The van der Waals surface area contributed by atoms with E-state index in [-0.39, 0.29) is 11.6 Å². The maximum atomic E-state index is 13.1. The SMILES string of the molecule is FC(F)(F)c1ccc(C2OC2c2ccncc2)c(C(F)(F)F)c1. The van der Waals surface area contributed by atoms with Gasteiger partial charge in [0.2, 0.25) is 0 Å². The summed E-state index contributed by atoms with van der Waals surface area (Å²) < 4.78 is 82.5. The number of epoxide rings is 1. The first-order valence-corrected chi connectivity index (χ1v) is 6.51. The molecular formula is C15H9F6NO. The Morgan fingerprint density at radius 2 is 1.48 bits per heavy atom. The molecule has 0 spiro atoms. The van der Waals surface area contributed by atoms with Gasteiger partial charge in [-0.3, -0.25) is 4.98 Å². The van der Waals surface area contributed by atoms with Gasteiger partial charge in [-0.1, -0.05) is 6.07 Å². The summed E-state index contributed by atoms with van der Waals surface area (Å²) in [5, 5.41) is 0. The second-order valence-electron chi connectivity index (χ2n) is 5.06. The lowest BCUT2D eigenvalue weighted by molar-refractivity contribution is -0.143. The molecule has 3 rings (SSSR count). The Morgan fingerprint density at radius 3 is 2.04 bits per heavy atom. The normalized spacial score (nSPS) is 21.3. The van der Waals surface area contributed by atoms with Crippen LogP contribution in [0.15, 0.2) is 42.7 Å². The van der Waals surface area contributed by atoms with Crippen LogP contribution in [0.4, 0.5) is 26.3 Å². The molecule has 0 N–H and O–H groups in total. The predicted molar refractivity (Wildman–Crippen MR) is 67.3 cm³/mol. The molecule has 2 nitrogen and oxygen atoms in total. The third-order valence-electron chi connectivity index (χ3n) is 3.52. The summed E-state index contributed by atoms with van der Waals surface area (Å²) >= 11 is 0. The van der Waals surface area contributed by atoms with Crippen molar-refractivity contribution in [3.8, 4) is 0 Å². The van der Waals surface area contributed by atoms with Crippen molar-refractivity contribution < 1.29 is 31.1 Å². The van der Waals surface area contributed by atoms with Gasteiger partial charge in [0, 0.05) is 12.4 Å². The highest BCUT2D eigenvalue weighted by Gasteiger charge is 2.47. The number of hydrogen-bond acceptors (Lipinski definition) is 2. The number of aromatic nitrogens is 1. The van der Waals surface area contributed by atoms with Crippen LogP contribution in [0.25, 0.3) is 0 Å². The van der Waals surface area contributed by atoms with E-state index in [4.69, 9.17) is 4.74 Å². The van der Waals surface area contributed by atoms with Gasteiger partial charge in [-0.05, 0) is 35.4 Å². The molecule has 122 valence electrons. The fourth-order valence-corrected chi connectivity index (χ4v) is 2.38. The number of nitrogens with zero attached hydrogens (tertiary/aromatic N) is 1. The fraction of sp³-hybridized carbons (Fsp3) is 0.267. The lowest BCUT2D eigenvalue weighted by Crippen LogP contribution is -2.13. The number of rotatable bonds is 2. The van der Waals surface area contributed by atoms with Crippen LogP contribution in [-0.2, 0) is 17.1 Å². The second-order valence-corrected chi connectivity index (χ2v) is 5.06. The van der Waals surface area contributed by atoms with Crippen LogP contribution < -0.4 is 0 Å². The van der Waals surface area contributed by atoms with Crippen molar-refractivity contribution in [1.82, 2.24) is 4.98 Å². The van der Waals surface area contributed by atoms with Crippen LogP contribution in [-0.4, -0.2) is 4.98 Å². The summed E-state index contributed by atoms with van der Waals surface area (Å²) in [5.74, 6) is 0.